The summed E-state index contributed by atoms with van der Waals surface area (Å²) in [5, 5.41) is 14.0. The molecule has 0 amide bonds. The first-order chi connectivity index (χ1) is 10.1. The highest BCUT2D eigenvalue weighted by Gasteiger charge is 2.13. The second kappa shape index (κ2) is 6.83. The number of halogens is 1. The van der Waals surface area contributed by atoms with E-state index < -0.39 is 0 Å². The first-order valence-electron chi connectivity index (χ1n) is 6.74. The van der Waals surface area contributed by atoms with Crippen molar-refractivity contribution in [2.45, 2.75) is 27.1 Å². The van der Waals surface area contributed by atoms with Crippen molar-refractivity contribution in [3.63, 3.8) is 0 Å². The second-order valence-electron chi connectivity index (χ2n) is 4.63. The number of ether oxygens (including phenoxy) is 2. The average Bonchev–Trinajstić information content (AvgIpc) is 2.71. The predicted molar refractivity (Wildman–Crippen MR) is 80.8 cm³/mol. The molecule has 6 heteroatoms. The van der Waals surface area contributed by atoms with Crippen LogP contribution in [0.4, 0.5) is 0 Å². The van der Waals surface area contributed by atoms with E-state index in [0.717, 1.165) is 17.0 Å². The van der Waals surface area contributed by atoms with E-state index in [2.05, 4.69) is 5.10 Å². The third kappa shape index (κ3) is 3.49. The summed E-state index contributed by atoms with van der Waals surface area (Å²) in [6, 6.07) is 5.36. The molecule has 0 spiro atoms. The molecule has 0 aliphatic rings. The van der Waals surface area contributed by atoms with Crippen molar-refractivity contribution in [3.8, 4) is 11.5 Å². The Balaban J connectivity index is 2.19. The Kier molecular flexibility index (Phi) is 5.09. The molecule has 1 N–H and O–H groups in total. The third-order valence-corrected chi connectivity index (χ3v) is 3.61. The Bertz CT molecular complexity index is 626. The molecule has 2 rings (SSSR count). The number of aryl methyl sites for hydroxylation is 2. The minimum atomic E-state index is -0.0346. The Labute approximate surface area is 129 Å². The van der Waals surface area contributed by atoms with Crippen LogP contribution in [-0.2, 0) is 20.3 Å². The summed E-state index contributed by atoms with van der Waals surface area (Å²) in [4.78, 5) is 0. The van der Waals surface area contributed by atoms with Gasteiger partial charge in [0.1, 0.15) is 6.61 Å². The number of rotatable bonds is 6. The van der Waals surface area contributed by atoms with Crippen LogP contribution in [-0.4, -0.2) is 21.5 Å². The van der Waals surface area contributed by atoms with Crippen molar-refractivity contribution in [2.75, 3.05) is 6.61 Å². The molecule has 5 nitrogen and oxygen atoms in total. The van der Waals surface area contributed by atoms with Crippen LogP contribution in [0.25, 0.3) is 0 Å². The van der Waals surface area contributed by atoms with Crippen LogP contribution in [0, 0.1) is 6.92 Å². The van der Waals surface area contributed by atoms with Gasteiger partial charge in [-0.05, 0) is 31.5 Å². The van der Waals surface area contributed by atoms with E-state index in [1.807, 2.05) is 20.9 Å². The molecule has 2 aromatic rings. The largest absolute Gasteiger partial charge is 0.490 e. The molecule has 0 fully saturated rings. The van der Waals surface area contributed by atoms with Crippen molar-refractivity contribution in [1.82, 2.24) is 9.78 Å². The fourth-order valence-electron chi connectivity index (χ4n) is 2.02. The highest BCUT2D eigenvalue weighted by atomic mass is 35.5. The summed E-state index contributed by atoms with van der Waals surface area (Å²) < 4.78 is 13.0. The van der Waals surface area contributed by atoms with Crippen LogP contribution in [0.2, 0.25) is 5.02 Å². The van der Waals surface area contributed by atoms with E-state index in [9.17, 15) is 5.11 Å². The lowest BCUT2D eigenvalue weighted by molar-refractivity contribution is 0.259. The van der Waals surface area contributed by atoms with Gasteiger partial charge in [0.15, 0.2) is 11.5 Å². The number of nitrogens with zero attached hydrogens (tertiary/aromatic N) is 2. The minimum absolute atomic E-state index is 0.0346. The molecule has 0 saturated carbocycles. The van der Waals surface area contributed by atoms with Gasteiger partial charge >= 0.3 is 0 Å². The highest BCUT2D eigenvalue weighted by Crippen LogP contribution is 2.30. The fraction of sp³-hybridized carbons (Fsp3) is 0.400. The predicted octanol–water partition coefficient (Wildman–Crippen LogP) is 2.85. The van der Waals surface area contributed by atoms with E-state index in [0.29, 0.717) is 29.7 Å². The summed E-state index contributed by atoms with van der Waals surface area (Å²) >= 11 is 6.20. The molecular formula is C15H19ClN2O3. The Morgan fingerprint density at radius 1 is 1.29 bits per heavy atom. The van der Waals surface area contributed by atoms with E-state index >= 15 is 0 Å². The number of hydrogen-bond donors (Lipinski definition) is 1. The van der Waals surface area contributed by atoms with Crippen LogP contribution in [0.5, 0.6) is 11.5 Å². The molecule has 0 atom stereocenters. The maximum atomic E-state index is 9.18. The molecule has 114 valence electrons. The van der Waals surface area contributed by atoms with E-state index in [1.165, 1.54) is 0 Å². The van der Waals surface area contributed by atoms with Crippen molar-refractivity contribution >= 4 is 11.6 Å². The number of aliphatic hydroxyl groups excluding tert-OH is 1. The van der Waals surface area contributed by atoms with Crippen molar-refractivity contribution < 1.29 is 14.6 Å². The molecule has 1 heterocycles. The smallest absolute Gasteiger partial charge is 0.161 e. The molecule has 0 aliphatic carbocycles. The second-order valence-corrected chi connectivity index (χ2v) is 5.01. The van der Waals surface area contributed by atoms with Crippen molar-refractivity contribution in [1.29, 1.82) is 0 Å². The Hall–Kier alpha value is -1.72. The Morgan fingerprint density at radius 2 is 2.05 bits per heavy atom. The van der Waals surface area contributed by atoms with Gasteiger partial charge in [-0.2, -0.15) is 5.10 Å². The topological polar surface area (TPSA) is 56.5 Å². The zero-order valence-electron chi connectivity index (χ0n) is 12.4. The Morgan fingerprint density at radius 3 is 2.62 bits per heavy atom. The minimum Gasteiger partial charge on any atom is -0.490 e. The van der Waals surface area contributed by atoms with Gasteiger partial charge in [-0.3, -0.25) is 4.68 Å². The van der Waals surface area contributed by atoms with Gasteiger partial charge in [0, 0.05) is 7.05 Å². The molecule has 0 saturated heterocycles. The quantitative estimate of drug-likeness (QED) is 0.891. The normalized spacial score (nSPS) is 10.7. The molecular weight excluding hydrogens is 292 g/mol. The average molecular weight is 311 g/mol. The van der Waals surface area contributed by atoms with Gasteiger partial charge in [-0.1, -0.05) is 17.7 Å². The SMILES string of the molecule is CCOc1cc(CO)ccc1OCc1c(Cl)c(C)nn1C. The lowest BCUT2D eigenvalue weighted by Gasteiger charge is -2.13. The summed E-state index contributed by atoms with van der Waals surface area (Å²) in [6.45, 7) is 4.54. The number of aromatic nitrogens is 2. The maximum absolute atomic E-state index is 9.18. The summed E-state index contributed by atoms with van der Waals surface area (Å²) in [7, 11) is 1.83. The molecule has 0 aliphatic heterocycles. The van der Waals surface area contributed by atoms with Crippen LogP contribution in [0.1, 0.15) is 23.9 Å². The van der Waals surface area contributed by atoms with Gasteiger partial charge in [0.05, 0.1) is 29.6 Å². The summed E-state index contributed by atoms with van der Waals surface area (Å²) in [6.07, 6.45) is 0. The zero-order chi connectivity index (χ0) is 15.4. The van der Waals surface area contributed by atoms with E-state index in [1.54, 1.807) is 22.9 Å². The molecule has 21 heavy (non-hydrogen) atoms. The summed E-state index contributed by atoms with van der Waals surface area (Å²) in [5.41, 5.74) is 2.36. The van der Waals surface area contributed by atoms with Gasteiger partial charge in [0.2, 0.25) is 0 Å². The number of benzene rings is 1. The highest BCUT2D eigenvalue weighted by molar-refractivity contribution is 6.31. The molecule has 0 radical (unpaired) electrons. The lowest BCUT2D eigenvalue weighted by Crippen LogP contribution is -2.05. The molecule has 0 unspecified atom stereocenters. The monoisotopic (exact) mass is 310 g/mol. The fourth-order valence-corrected chi connectivity index (χ4v) is 2.24. The van der Waals surface area contributed by atoms with Crippen LogP contribution >= 0.6 is 11.6 Å². The molecule has 1 aromatic heterocycles. The van der Waals surface area contributed by atoms with Gasteiger partial charge in [-0.25, -0.2) is 0 Å². The van der Waals surface area contributed by atoms with E-state index in [-0.39, 0.29) is 6.61 Å². The first-order valence-corrected chi connectivity index (χ1v) is 7.12. The lowest BCUT2D eigenvalue weighted by atomic mass is 10.2. The van der Waals surface area contributed by atoms with Crippen molar-refractivity contribution in [3.05, 3.63) is 40.2 Å². The van der Waals surface area contributed by atoms with Gasteiger partial charge < -0.3 is 14.6 Å². The zero-order valence-corrected chi connectivity index (χ0v) is 13.1. The summed E-state index contributed by atoms with van der Waals surface area (Å²) in [5.74, 6) is 1.23. The van der Waals surface area contributed by atoms with Crippen LogP contribution in [0.15, 0.2) is 18.2 Å². The standard InChI is InChI=1S/C15H19ClN2O3/c1-4-20-14-7-11(8-19)5-6-13(14)21-9-12-15(16)10(2)17-18(12)3/h5-7,19H,4,8-9H2,1-3H3. The maximum Gasteiger partial charge on any atom is 0.161 e. The van der Waals surface area contributed by atoms with Crippen LogP contribution < -0.4 is 9.47 Å². The number of aliphatic hydroxyl groups is 1. The first kappa shape index (κ1) is 15.7. The van der Waals surface area contributed by atoms with Crippen LogP contribution in [0.3, 0.4) is 0 Å². The van der Waals surface area contributed by atoms with Gasteiger partial charge in [-0.15, -0.1) is 0 Å². The molecule has 1 aromatic carbocycles. The van der Waals surface area contributed by atoms with Gasteiger partial charge in [0.25, 0.3) is 0 Å². The molecule has 0 bridgehead atoms. The number of hydrogen-bond acceptors (Lipinski definition) is 4. The third-order valence-electron chi connectivity index (χ3n) is 3.12. The van der Waals surface area contributed by atoms with Crippen molar-refractivity contribution in [2.24, 2.45) is 7.05 Å². The van der Waals surface area contributed by atoms with E-state index in [4.69, 9.17) is 21.1 Å².